The molecule has 1 aromatic rings. The van der Waals surface area contributed by atoms with Crippen molar-refractivity contribution in [1.29, 1.82) is 5.26 Å². The zero-order chi connectivity index (χ0) is 15.2. The van der Waals surface area contributed by atoms with Gasteiger partial charge in [-0.3, -0.25) is 9.69 Å². The number of piperidine rings is 1. The summed E-state index contributed by atoms with van der Waals surface area (Å²) in [5.74, 6) is -0.0740. The van der Waals surface area contributed by atoms with Gasteiger partial charge in [0.05, 0.1) is 11.6 Å². The normalized spacial score (nSPS) is 20.7. The third-order valence-electron chi connectivity index (χ3n) is 4.38. The molecule has 0 spiro atoms. The van der Waals surface area contributed by atoms with E-state index < -0.39 is 5.97 Å². The second-order valence-corrected chi connectivity index (χ2v) is 5.98. The van der Waals surface area contributed by atoms with Crippen molar-refractivity contribution in [3.63, 3.8) is 0 Å². The van der Waals surface area contributed by atoms with Gasteiger partial charge in [0.2, 0.25) is 0 Å². The van der Waals surface area contributed by atoms with Gasteiger partial charge in [0.25, 0.3) is 0 Å². The van der Waals surface area contributed by atoms with Crippen LogP contribution in [-0.4, -0.2) is 29.1 Å². The molecule has 2 atom stereocenters. The fraction of sp³-hybridized carbons (Fsp3) is 0.529. The van der Waals surface area contributed by atoms with E-state index in [9.17, 15) is 4.79 Å². The standard InChI is InChI=1S/C17H22N2O2/c1-13(9-17(20)21)15-7-4-8-19(11-15)12-16-6-3-2-5-14(16)10-18/h2-3,5-6,13,15H,4,7-9,11-12H2,1H3,(H,20,21). The van der Waals surface area contributed by atoms with E-state index in [-0.39, 0.29) is 12.3 Å². The number of carboxylic acids is 1. The largest absolute Gasteiger partial charge is 0.481 e. The summed E-state index contributed by atoms with van der Waals surface area (Å²) >= 11 is 0. The third-order valence-corrected chi connectivity index (χ3v) is 4.38. The molecular formula is C17H22N2O2. The van der Waals surface area contributed by atoms with Crippen LogP contribution in [0.2, 0.25) is 0 Å². The van der Waals surface area contributed by atoms with E-state index in [4.69, 9.17) is 10.4 Å². The SMILES string of the molecule is CC(CC(=O)O)C1CCCN(Cc2ccccc2C#N)C1. The molecule has 2 unspecified atom stereocenters. The molecule has 1 fully saturated rings. The monoisotopic (exact) mass is 286 g/mol. The first-order chi connectivity index (χ1) is 10.1. The molecule has 4 heteroatoms. The van der Waals surface area contributed by atoms with E-state index in [1.807, 2.05) is 31.2 Å². The Labute approximate surface area is 126 Å². The van der Waals surface area contributed by atoms with Crippen LogP contribution in [0.4, 0.5) is 0 Å². The summed E-state index contributed by atoms with van der Waals surface area (Å²) in [5, 5.41) is 18.1. The first-order valence-electron chi connectivity index (χ1n) is 7.52. The predicted molar refractivity (Wildman–Crippen MR) is 80.6 cm³/mol. The maximum Gasteiger partial charge on any atom is 0.303 e. The second-order valence-electron chi connectivity index (χ2n) is 5.98. The average Bonchev–Trinajstić information content (AvgIpc) is 2.47. The Morgan fingerprint density at radius 2 is 2.29 bits per heavy atom. The summed E-state index contributed by atoms with van der Waals surface area (Å²) in [6, 6.07) is 9.94. The lowest BCUT2D eigenvalue weighted by Crippen LogP contribution is -2.38. The van der Waals surface area contributed by atoms with Crippen LogP contribution in [0.25, 0.3) is 0 Å². The Morgan fingerprint density at radius 3 is 3.00 bits per heavy atom. The highest BCUT2D eigenvalue weighted by Gasteiger charge is 2.26. The van der Waals surface area contributed by atoms with Crippen molar-refractivity contribution in [1.82, 2.24) is 4.90 Å². The van der Waals surface area contributed by atoms with E-state index in [0.717, 1.165) is 43.6 Å². The topological polar surface area (TPSA) is 64.3 Å². The van der Waals surface area contributed by atoms with E-state index >= 15 is 0 Å². The highest BCUT2D eigenvalue weighted by atomic mass is 16.4. The molecule has 1 heterocycles. The number of aliphatic carboxylic acids is 1. The van der Waals surface area contributed by atoms with Crippen LogP contribution in [0.3, 0.4) is 0 Å². The van der Waals surface area contributed by atoms with Gasteiger partial charge in [-0.15, -0.1) is 0 Å². The fourth-order valence-electron chi connectivity index (χ4n) is 3.15. The van der Waals surface area contributed by atoms with E-state index in [2.05, 4.69) is 11.0 Å². The van der Waals surface area contributed by atoms with Crippen molar-refractivity contribution in [2.75, 3.05) is 13.1 Å². The number of benzene rings is 1. The van der Waals surface area contributed by atoms with Crippen LogP contribution in [0.15, 0.2) is 24.3 Å². The van der Waals surface area contributed by atoms with Crippen molar-refractivity contribution >= 4 is 5.97 Å². The fourth-order valence-corrected chi connectivity index (χ4v) is 3.15. The van der Waals surface area contributed by atoms with Gasteiger partial charge in [0.1, 0.15) is 0 Å². The molecule has 0 amide bonds. The average molecular weight is 286 g/mol. The lowest BCUT2D eigenvalue weighted by molar-refractivity contribution is -0.138. The van der Waals surface area contributed by atoms with Gasteiger partial charge < -0.3 is 5.11 Å². The zero-order valence-corrected chi connectivity index (χ0v) is 12.5. The molecule has 1 N–H and O–H groups in total. The van der Waals surface area contributed by atoms with Crippen molar-refractivity contribution in [2.24, 2.45) is 11.8 Å². The third kappa shape index (κ3) is 4.30. The number of nitrogens with zero attached hydrogens (tertiary/aromatic N) is 2. The zero-order valence-electron chi connectivity index (χ0n) is 12.5. The molecule has 0 saturated carbocycles. The first-order valence-corrected chi connectivity index (χ1v) is 7.52. The highest BCUT2D eigenvalue weighted by molar-refractivity contribution is 5.67. The molecule has 1 saturated heterocycles. The number of nitriles is 1. The molecule has 1 aliphatic rings. The minimum Gasteiger partial charge on any atom is -0.481 e. The maximum absolute atomic E-state index is 10.9. The van der Waals surface area contributed by atoms with Crippen LogP contribution in [0.5, 0.6) is 0 Å². The summed E-state index contributed by atoms with van der Waals surface area (Å²) in [4.78, 5) is 13.2. The van der Waals surface area contributed by atoms with Gasteiger partial charge in [0, 0.05) is 19.5 Å². The number of likely N-dealkylation sites (tertiary alicyclic amines) is 1. The van der Waals surface area contributed by atoms with Crippen molar-refractivity contribution < 1.29 is 9.90 Å². The van der Waals surface area contributed by atoms with Crippen LogP contribution < -0.4 is 0 Å². The van der Waals surface area contributed by atoms with E-state index in [1.165, 1.54) is 0 Å². The Kier molecular flexibility index (Phi) is 5.35. The minimum absolute atomic E-state index is 0.205. The molecule has 0 aromatic heterocycles. The molecule has 0 aliphatic carbocycles. The number of rotatable bonds is 5. The lowest BCUT2D eigenvalue weighted by Gasteiger charge is -2.35. The molecular weight excluding hydrogens is 264 g/mol. The second kappa shape index (κ2) is 7.24. The Hall–Kier alpha value is -1.86. The molecule has 0 radical (unpaired) electrons. The summed E-state index contributed by atoms with van der Waals surface area (Å²) in [5.41, 5.74) is 1.80. The molecule has 112 valence electrons. The minimum atomic E-state index is -0.713. The molecule has 4 nitrogen and oxygen atoms in total. The van der Waals surface area contributed by atoms with Gasteiger partial charge >= 0.3 is 5.97 Å². The molecule has 1 aromatic carbocycles. The van der Waals surface area contributed by atoms with Crippen LogP contribution in [-0.2, 0) is 11.3 Å². The van der Waals surface area contributed by atoms with Crippen molar-refractivity contribution in [2.45, 2.75) is 32.7 Å². The van der Waals surface area contributed by atoms with Gasteiger partial charge in [-0.1, -0.05) is 25.1 Å². The van der Waals surface area contributed by atoms with Crippen molar-refractivity contribution in [3.8, 4) is 6.07 Å². The van der Waals surface area contributed by atoms with Gasteiger partial charge in [0.15, 0.2) is 0 Å². The maximum atomic E-state index is 10.9. The van der Waals surface area contributed by atoms with Gasteiger partial charge in [-0.2, -0.15) is 5.26 Å². The molecule has 1 aliphatic heterocycles. The molecule has 2 rings (SSSR count). The van der Waals surface area contributed by atoms with Gasteiger partial charge in [-0.05, 0) is 42.9 Å². The Bertz CT molecular complexity index is 536. The quantitative estimate of drug-likeness (QED) is 0.904. The highest BCUT2D eigenvalue weighted by Crippen LogP contribution is 2.27. The Morgan fingerprint density at radius 1 is 1.52 bits per heavy atom. The lowest BCUT2D eigenvalue weighted by atomic mass is 9.84. The summed E-state index contributed by atoms with van der Waals surface area (Å²) in [6.45, 7) is 4.76. The smallest absolute Gasteiger partial charge is 0.303 e. The molecule has 0 bridgehead atoms. The van der Waals surface area contributed by atoms with E-state index in [1.54, 1.807) is 0 Å². The summed E-state index contributed by atoms with van der Waals surface area (Å²) in [6.07, 6.45) is 2.45. The van der Waals surface area contributed by atoms with Crippen LogP contribution >= 0.6 is 0 Å². The van der Waals surface area contributed by atoms with Gasteiger partial charge in [-0.25, -0.2) is 0 Å². The Balaban J connectivity index is 1.98. The summed E-state index contributed by atoms with van der Waals surface area (Å²) in [7, 11) is 0. The number of hydrogen-bond donors (Lipinski definition) is 1. The number of carboxylic acid groups (broad SMARTS) is 1. The number of hydrogen-bond acceptors (Lipinski definition) is 3. The summed E-state index contributed by atoms with van der Waals surface area (Å²) < 4.78 is 0. The van der Waals surface area contributed by atoms with E-state index in [0.29, 0.717) is 5.92 Å². The molecule has 21 heavy (non-hydrogen) atoms. The van der Waals surface area contributed by atoms with Crippen LogP contribution in [0.1, 0.15) is 37.3 Å². The predicted octanol–water partition coefficient (Wildman–Crippen LogP) is 2.88. The van der Waals surface area contributed by atoms with Crippen molar-refractivity contribution in [3.05, 3.63) is 35.4 Å². The first kappa shape index (κ1) is 15.5. The van der Waals surface area contributed by atoms with Crippen LogP contribution in [0, 0.1) is 23.2 Å². The number of carbonyl (C=O) groups is 1.